The minimum absolute atomic E-state index is 0.0253. The van der Waals surface area contributed by atoms with Crippen LogP contribution in [0.4, 0.5) is 0 Å². The van der Waals surface area contributed by atoms with Crippen molar-refractivity contribution in [1.29, 1.82) is 0 Å². The van der Waals surface area contributed by atoms with Gasteiger partial charge in [0, 0.05) is 18.5 Å². The number of likely N-dealkylation sites (tertiary alicyclic amines) is 1. The molecule has 3 amide bonds. The molecule has 1 aromatic carbocycles. The van der Waals surface area contributed by atoms with Gasteiger partial charge in [0.15, 0.2) is 6.61 Å². The summed E-state index contributed by atoms with van der Waals surface area (Å²) in [5.74, 6) is -1.92. The summed E-state index contributed by atoms with van der Waals surface area (Å²) in [6.45, 7) is 1.97. The Hall–Kier alpha value is -3.20. The Balaban J connectivity index is 1.75. The van der Waals surface area contributed by atoms with Crippen molar-refractivity contribution in [2.75, 3.05) is 20.3 Å². The summed E-state index contributed by atoms with van der Waals surface area (Å²) in [4.78, 5) is 52.1. The second-order valence-corrected chi connectivity index (χ2v) is 8.68. The van der Waals surface area contributed by atoms with E-state index in [0.717, 1.165) is 18.4 Å². The van der Waals surface area contributed by atoms with Crippen LogP contribution in [-0.2, 0) is 19.1 Å². The Morgan fingerprint density at radius 2 is 1.97 bits per heavy atom. The number of benzene rings is 1. The van der Waals surface area contributed by atoms with Crippen LogP contribution < -0.4 is 10.1 Å². The number of rotatable bonds is 9. The molecule has 1 saturated heterocycles. The molecule has 2 aromatic rings. The van der Waals surface area contributed by atoms with Crippen molar-refractivity contribution >= 4 is 35.0 Å². The first-order valence-corrected chi connectivity index (χ1v) is 11.8. The lowest BCUT2D eigenvalue weighted by atomic mass is 9.83. The van der Waals surface area contributed by atoms with Crippen LogP contribution >= 0.6 is 11.3 Å². The van der Waals surface area contributed by atoms with Gasteiger partial charge in [-0.05, 0) is 30.4 Å². The summed E-state index contributed by atoms with van der Waals surface area (Å²) in [5.41, 5.74) is 0.725. The van der Waals surface area contributed by atoms with Crippen LogP contribution in [0.2, 0.25) is 0 Å². The number of hydrogen-bond donors (Lipinski definition) is 1. The highest BCUT2D eigenvalue weighted by molar-refractivity contribution is 7.12. The van der Waals surface area contributed by atoms with Crippen LogP contribution in [0.1, 0.15) is 53.9 Å². The van der Waals surface area contributed by atoms with Crippen LogP contribution in [0.25, 0.3) is 0 Å². The van der Waals surface area contributed by atoms with E-state index in [2.05, 4.69) is 5.32 Å². The molecule has 33 heavy (non-hydrogen) atoms. The Labute approximate surface area is 196 Å². The van der Waals surface area contributed by atoms with E-state index >= 15 is 0 Å². The number of piperidine rings is 1. The minimum Gasteiger partial charge on any atom is -0.496 e. The standard InChI is InChI=1S/C24H28N2O6S/c1-3-4-13-26-21(28)12-11-17(22(26)16-8-5-6-9-18(16)31-2)24(30)32-15-20(27)25-23(29)19-10-7-14-33-19/h5-10,14,17,22H,3-4,11-13,15H2,1-2H3,(H,25,27,29). The number of nitrogens with zero attached hydrogens (tertiary/aromatic N) is 1. The van der Waals surface area contributed by atoms with Gasteiger partial charge in [-0.25, -0.2) is 0 Å². The number of nitrogens with one attached hydrogen (secondary N) is 1. The number of methoxy groups -OCH3 is 1. The first-order valence-electron chi connectivity index (χ1n) is 10.9. The van der Waals surface area contributed by atoms with E-state index in [-0.39, 0.29) is 12.3 Å². The molecule has 1 fully saturated rings. The summed E-state index contributed by atoms with van der Waals surface area (Å²) in [7, 11) is 1.54. The predicted octanol–water partition coefficient (Wildman–Crippen LogP) is 3.34. The molecular weight excluding hydrogens is 444 g/mol. The van der Waals surface area contributed by atoms with E-state index in [9.17, 15) is 19.2 Å². The third kappa shape index (κ3) is 5.98. The molecule has 0 radical (unpaired) electrons. The van der Waals surface area contributed by atoms with E-state index in [4.69, 9.17) is 9.47 Å². The fraction of sp³-hybridized carbons (Fsp3) is 0.417. The van der Waals surface area contributed by atoms with Crippen molar-refractivity contribution in [3.8, 4) is 5.75 Å². The highest BCUT2D eigenvalue weighted by Gasteiger charge is 2.42. The van der Waals surface area contributed by atoms with Gasteiger partial charge in [0.2, 0.25) is 5.91 Å². The summed E-state index contributed by atoms with van der Waals surface area (Å²) < 4.78 is 10.8. The molecule has 0 saturated carbocycles. The number of para-hydroxylation sites is 1. The molecule has 2 unspecified atom stereocenters. The van der Waals surface area contributed by atoms with E-state index < -0.39 is 36.4 Å². The van der Waals surface area contributed by atoms with Crippen LogP contribution in [0.15, 0.2) is 41.8 Å². The number of thiophene rings is 1. The summed E-state index contributed by atoms with van der Waals surface area (Å²) in [6.07, 6.45) is 2.22. The number of esters is 1. The van der Waals surface area contributed by atoms with Gasteiger partial charge in [0.05, 0.1) is 23.9 Å². The second-order valence-electron chi connectivity index (χ2n) is 7.73. The summed E-state index contributed by atoms with van der Waals surface area (Å²) in [5, 5.41) is 3.94. The Bertz CT molecular complexity index is 991. The number of imide groups is 1. The van der Waals surface area contributed by atoms with E-state index in [0.29, 0.717) is 23.6 Å². The lowest BCUT2D eigenvalue weighted by Gasteiger charge is -2.40. The van der Waals surface area contributed by atoms with Crippen LogP contribution in [0, 0.1) is 5.92 Å². The van der Waals surface area contributed by atoms with Gasteiger partial charge in [-0.1, -0.05) is 37.6 Å². The normalized spacial score (nSPS) is 18.0. The van der Waals surface area contributed by atoms with Gasteiger partial charge in [-0.15, -0.1) is 11.3 Å². The lowest BCUT2D eigenvalue weighted by Crippen LogP contribution is -2.46. The smallest absolute Gasteiger partial charge is 0.311 e. The van der Waals surface area contributed by atoms with Crippen molar-refractivity contribution in [3.05, 3.63) is 52.2 Å². The fourth-order valence-electron chi connectivity index (χ4n) is 3.96. The number of amides is 3. The van der Waals surface area contributed by atoms with Gasteiger partial charge in [0.25, 0.3) is 11.8 Å². The second kappa shape index (κ2) is 11.6. The van der Waals surface area contributed by atoms with Gasteiger partial charge in [-0.2, -0.15) is 0 Å². The molecule has 1 aliphatic rings. The molecular formula is C24H28N2O6S. The maximum absolute atomic E-state index is 13.1. The number of carbonyl (C=O) groups excluding carboxylic acids is 4. The average Bonchev–Trinajstić information content (AvgIpc) is 3.37. The van der Waals surface area contributed by atoms with Gasteiger partial charge in [-0.3, -0.25) is 24.5 Å². The highest BCUT2D eigenvalue weighted by atomic mass is 32.1. The molecule has 176 valence electrons. The first-order chi connectivity index (χ1) is 16.0. The molecule has 1 aliphatic heterocycles. The summed E-state index contributed by atoms with van der Waals surface area (Å²) >= 11 is 1.21. The largest absolute Gasteiger partial charge is 0.496 e. The van der Waals surface area contributed by atoms with Gasteiger partial charge >= 0.3 is 5.97 Å². The van der Waals surface area contributed by atoms with Crippen molar-refractivity contribution < 1.29 is 28.7 Å². The molecule has 2 atom stereocenters. The van der Waals surface area contributed by atoms with E-state index in [1.54, 1.807) is 35.6 Å². The van der Waals surface area contributed by atoms with Crippen molar-refractivity contribution in [2.45, 2.75) is 38.6 Å². The number of ether oxygens (including phenoxy) is 2. The molecule has 0 bridgehead atoms. The molecule has 0 spiro atoms. The van der Waals surface area contributed by atoms with Crippen molar-refractivity contribution in [3.63, 3.8) is 0 Å². The highest BCUT2D eigenvalue weighted by Crippen LogP contribution is 2.41. The fourth-order valence-corrected chi connectivity index (χ4v) is 4.58. The van der Waals surface area contributed by atoms with Gasteiger partial charge in [0.1, 0.15) is 5.75 Å². The number of hydrogen-bond acceptors (Lipinski definition) is 7. The maximum Gasteiger partial charge on any atom is 0.311 e. The molecule has 3 rings (SSSR count). The molecule has 1 aromatic heterocycles. The van der Waals surface area contributed by atoms with Crippen LogP contribution in [-0.4, -0.2) is 48.9 Å². The van der Waals surface area contributed by atoms with E-state index in [1.165, 1.54) is 11.3 Å². The lowest BCUT2D eigenvalue weighted by molar-refractivity contribution is -0.159. The SMILES string of the molecule is CCCCN1C(=O)CCC(C(=O)OCC(=O)NC(=O)c2cccs2)C1c1ccccc1OC. The topological polar surface area (TPSA) is 102 Å². The third-order valence-electron chi connectivity index (χ3n) is 5.56. The van der Waals surface area contributed by atoms with Crippen molar-refractivity contribution in [2.24, 2.45) is 5.92 Å². The predicted molar refractivity (Wildman–Crippen MR) is 123 cm³/mol. The van der Waals surface area contributed by atoms with E-state index in [1.807, 2.05) is 25.1 Å². The number of carbonyl (C=O) groups is 4. The molecule has 2 heterocycles. The first kappa shape index (κ1) is 24.4. The molecule has 9 heteroatoms. The Kier molecular flexibility index (Phi) is 8.59. The van der Waals surface area contributed by atoms with Crippen molar-refractivity contribution in [1.82, 2.24) is 10.2 Å². The molecule has 8 nitrogen and oxygen atoms in total. The van der Waals surface area contributed by atoms with Gasteiger partial charge < -0.3 is 14.4 Å². The minimum atomic E-state index is -0.703. The Morgan fingerprint density at radius 1 is 1.18 bits per heavy atom. The molecule has 0 aliphatic carbocycles. The zero-order chi connectivity index (χ0) is 23.8. The zero-order valence-corrected chi connectivity index (χ0v) is 19.6. The number of unbranched alkanes of at least 4 members (excludes halogenated alkanes) is 1. The third-order valence-corrected chi connectivity index (χ3v) is 6.43. The van der Waals surface area contributed by atoms with Crippen LogP contribution in [0.5, 0.6) is 5.75 Å². The molecule has 1 N–H and O–H groups in total. The van der Waals surface area contributed by atoms with Crippen LogP contribution in [0.3, 0.4) is 0 Å². The average molecular weight is 473 g/mol. The Morgan fingerprint density at radius 3 is 2.67 bits per heavy atom. The monoisotopic (exact) mass is 472 g/mol. The quantitative estimate of drug-likeness (QED) is 0.562. The zero-order valence-electron chi connectivity index (χ0n) is 18.7. The maximum atomic E-state index is 13.1. The summed E-state index contributed by atoms with van der Waals surface area (Å²) in [6, 6.07) is 10.0.